The van der Waals surface area contributed by atoms with Crippen molar-refractivity contribution in [2.45, 2.75) is 52.1 Å². The fourth-order valence-electron chi connectivity index (χ4n) is 4.18. The lowest BCUT2D eigenvalue weighted by Gasteiger charge is -2.26. The molecule has 3 nitrogen and oxygen atoms in total. The maximum atomic E-state index is 14.4. The van der Waals surface area contributed by atoms with E-state index in [0.29, 0.717) is 12.5 Å². The Bertz CT molecular complexity index is 1070. The minimum absolute atomic E-state index is 0.105. The lowest BCUT2D eigenvalue weighted by molar-refractivity contribution is 0.199. The van der Waals surface area contributed by atoms with Crippen molar-refractivity contribution in [3.05, 3.63) is 94.8 Å². The summed E-state index contributed by atoms with van der Waals surface area (Å²) in [4.78, 5) is 0. The second-order valence-corrected chi connectivity index (χ2v) is 10.5. The Hall–Kier alpha value is -2.85. The zero-order valence-corrected chi connectivity index (χ0v) is 20.7. The van der Waals surface area contributed by atoms with Crippen LogP contribution >= 0.6 is 0 Å². The van der Waals surface area contributed by atoms with E-state index in [9.17, 15) is 4.39 Å². The van der Waals surface area contributed by atoms with Crippen molar-refractivity contribution in [1.29, 1.82) is 0 Å². The second-order valence-electron chi connectivity index (χ2n) is 10.5. The molecule has 3 aromatic rings. The van der Waals surface area contributed by atoms with Crippen LogP contribution in [0.15, 0.2) is 66.7 Å². The van der Waals surface area contributed by atoms with Gasteiger partial charge in [0.15, 0.2) is 0 Å². The topological polar surface area (TPSA) is 30.5 Å². The second kappa shape index (κ2) is 10.6. The Morgan fingerprint density at radius 1 is 0.882 bits per heavy atom. The summed E-state index contributed by atoms with van der Waals surface area (Å²) in [6, 6.07) is 21.7. The van der Waals surface area contributed by atoms with Crippen LogP contribution < -0.4 is 14.8 Å². The average Bonchev–Trinajstić information content (AvgIpc) is 2.76. The van der Waals surface area contributed by atoms with E-state index in [1.807, 2.05) is 30.3 Å². The summed E-state index contributed by atoms with van der Waals surface area (Å²) in [5.41, 5.74) is 4.41. The first-order valence-corrected chi connectivity index (χ1v) is 12.2. The number of hydrogen-bond acceptors (Lipinski definition) is 3. The number of benzene rings is 3. The summed E-state index contributed by atoms with van der Waals surface area (Å²) in [5.74, 6) is 2.37. The Balaban J connectivity index is 1.34. The van der Waals surface area contributed by atoms with Crippen molar-refractivity contribution in [3.63, 3.8) is 0 Å². The van der Waals surface area contributed by atoms with E-state index in [4.69, 9.17) is 9.47 Å². The van der Waals surface area contributed by atoms with Crippen LogP contribution in [0.4, 0.5) is 4.39 Å². The van der Waals surface area contributed by atoms with Crippen molar-refractivity contribution >= 4 is 0 Å². The predicted octanol–water partition coefficient (Wildman–Crippen LogP) is 6.65. The van der Waals surface area contributed by atoms with Crippen LogP contribution in [0.3, 0.4) is 0 Å². The molecule has 0 saturated carbocycles. The van der Waals surface area contributed by atoms with Gasteiger partial charge in [-0.3, -0.25) is 0 Å². The lowest BCUT2D eigenvalue weighted by atomic mass is 9.87. The highest BCUT2D eigenvalue weighted by Gasteiger charge is 2.17. The molecule has 0 spiro atoms. The van der Waals surface area contributed by atoms with Gasteiger partial charge in [0, 0.05) is 19.0 Å². The zero-order chi connectivity index (χ0) is 24.1. The summed E-state index contributed by atoms with van der Waals surface area (Å²) in [6.45, 7) is 11.9. The molecule has 1 heterocycles. The van der Waals surface area contributed by atoms with E-state index in [1.165, 1.54) is 11.1 Å². The highest BCUT2D eigenvalue weighted by atomic mass is 19.1. The number of hydrogen-bond donors (Lipinski definition) is 1. The molecule has 0 bridgehead atoms. The summed E-state index contributed by atoms with van der Waals surface area (Å²) in [5, 5.41) is 3.26. The Morgan fingerprint density at radius 3 is 2.12 bits per heavy atom. The lowest BCUT2D eigenvalue weighted by Crippen LogP contribution is -2.45. The van der Waals surface area contributed by atoms with Crippen molar-refractivity contribution < 1.29 is 13.9 Å². The quantitative estimate of drug-likeness (QED) is 0.387. The monoisotopic (exact) mass is 461 g/mol. The normalized spacial score (nSPS) is 15.0. The molecule has 180 valence electrons. The number of halogens is 1. The first-order chi connectivity index (χ1) is 16.3. The van der Waals surface area contributed by atoms with Crippen LogP contribution in [-0.4, -0.2) is 19.7 Å². The van der Waals surface area contributed by atoms with Gasteiger partial charge in [0.1, 0.15) is 23.9 Å². The van der Waals surface area contributed by atoms with E-state index >= 15 is 0 Å². The molecule has 1 saturated heterocycles. The molecular weight excluding hydrogens is 425 g/mol. The zero-order valence-electron chi connectivity index (χ0n) is 20.7. The highest BCUT2D eigenvalue weighted by Crippen LogP contribution is 2.26. The standard InChI is InChI=1S/C30H36FNO2/c1-21(25-5-9-28(10-6-25)34-20-24-17-32-18-24)13-22-14-23(16-27(31)15-22)19-33-29-11-7-26(8-12-29)30(2,3)4/h5-12,14-16,21,24,32H,13,17-20H2,1-4H3. The number of rotatable bonds is 9. The molecule has 0 aliphatic carbocycles. The fourth-order valence-corrected chi connectivity index (χ4v) is 4.18. The van der Waals surface area contributed by atoms with Gasteiger partial charge in [-0.15, -0.1) is 0 Å². The van der Waals surface area contributed by atoms with E-state index in [2.05, 4.69) is 57.3 Å². The summed E-state index contributed by atoms with van der Waals surface area (Å²) in [6.07, 6.45) is 0.763. The van der Waals surface area contributed by atoms with Crippen LogP contribution in [0.5, 0.6) is 11.5 Å². The number of ether oxygens (including phenoxy) is 2. The molecule has 1 unspecified atom stereocenters. The molecule has 1 fully saturated rings. The van der Waals surface area contributed by atoms with Gasteiger partial charge < -0.3 is 14.8 Å². The largest absolute Gasteiger partial charge is 0.493 e. The fraction of sp³-hybridized carbons (Fsp3) is 0.400. The maximum Gasteiger partial charge on any atom is 0.123 e. The van der Waals surface area contributed by atoms with Crippen molar-refractivity contribution in [2.75, 3.05) is 19.7 Å². The van der Waals surface area contributed by atoms with Crippen molar-refractivity contribution in [2.24, 2.45) is 5.92 Å². The molecule has 0 amide bonds. The first-order valence-electron chi connectivity index (χ1n) is 12.2. The molecular formula is C30H36FNO2. The third-order valence-electron chi connectivity index (χ3n) is 6.49. The van der Waals surface area contributed by atoms with Crippen molar-refractivity contribution in [3.8, 4) is 11.5 Å². The maximum absolute atomic E-state index is 14.4. The van der Waals surface area contributed by atoms with Crippen LogP contribution in [0.25, 0.3) is 0 Å². The predicted molar refractivity (Wildman–Crippen MR) is 136 cm³/mol. The van der Waals surface area contributed by atoms with Gasteiger partial charge in [-0.05, 0) is 76.4 Å². The van der Waals surface area contributed by atoms with Crippen LogP contribution in [0.2, 0.25) is 0 Å². The van der Waals surface area contributed by atoms with Crippen LogP contribution in [0, 0.1) is 11.7 Å². The molecule has 1 N–H and O–H groups in total. The highest BCUT2D eigenvalue weighted by molar-refractivity contribution is 5.33. The molecule has 0 aromatic heterocycles. The minimum Gasteiger partial charge on any atom is -0.493 e. The van der Waals surface area contributed by atoms with E-state index in [-0.39, 0.29) is 17.2 Å². The average molecular weight is 462 g/mol. The third-order valence-corrected chi connectivity index (χ3v) is 6.49. The molecule has 0 radical (unpaired) electrons. The van der Waals surface area contributed by atoms with Gasteiger partial charge >= 0.3 is 0 Å². The first kappa shape index (κ1) is 24.3. The Labute approximate surface area is 203 Å². The molecule has 1 aliphatic heterocycles. The van der Waals surface area contributed by atoms with Gasteiger partial charge in [-0.25, -0.2) is 4.39 Å². The van der Waals surface area contributed by atoms with Gasteiger partial charge in [0.2, 0.25) is 0 Å². The van der Waals surface area contributed by atoms with Crippen molar-refractivity contribution in [1.82, 2.24) is 5.32 Å². The number of nitrogens with one attached hydrogen (secondary N) is 1. The third kappa shape index (κ3) is 6.60. The smallest absolute Gasteiger partial charge is 0.123 e. The molecule has 3 aromatic carbocycles. The molecule has 1 atom stereocenters. The molecule has 1 aliphatic rings. The Morgan fingerprint density at radius 2 is 1.50 bits per heavy atom. The SMILES string of the molecule is CC(Cc1cc(F)cc(COc2ccc(C(C)(C)C)cc2)c1)c1ccc(OCC2CNC2)cc1. The summed E-state index contributed by atoms with van der Waals surface area (Å²) >= 11 is 0. The summed E-state index contributed by atoms with van der Waals surface area (Å²) in [7, 11) is 0. The molecule has 4 heteroatoms. The minimum atomic E-state index is -0.222. The molecule has 34 heavy (non-hydrogen) atoms. The summed E-state index contributed by atoms with van der Waals surface area (Å²) < 4.78 is 26.2. The van der Waals surface area contributed by atoms with Gasteiger partial charge in [-0.1, -0.05) is 58.0 Å². The van der Waals surface area contributed by atoms with Gasteiger partial charge in [0.25, 0.3) is 0 Å². The van der Waals surface area contributed by atoms with E-state index < -0.39 is 0 Å². The van der Waals surface area contributed by atoms with E-state index in [0.717, 1.165) is 48.7 Å². The van der Waals surface area contributed by atoms with E-state index in [1.54, 1.807) is 12.1 Å². The Kier molecular flexibility index (Phi) is 7.57. The van der Waals surface area contributed by atoms with Crippen LogP contribution in [0.1, 0.15) is 55.9 Å². The van der Waals surface area contributed by atoms with Gasteiger partial charge in [0.05, 0.1) is 6.61 Å². The van der Waals surface area contributed by atoms with Crippen LogP contribution in [-0.2, 0) is 18.4 Å². The van der Waals surface area contributed by atoms with Gasteiger partial charge in [-0.2, -0.15) is 0 Å². The molecule has 4 rings (SSSR count).